The van der Waals surface area contributed by atoms with Gasteiger partial charge in [0.1, 0.15) is 5.75 Å². The Morgan fingerprint density at radius 2 is 1.91 bits per heavy atom. The number of amides is 1. The first-order valence-electron chi connectivity index (χ1n) is 10.8. The molecule has 1 aliphatic rings. The molecule has 1 amide bonds. The Morgan fingerprint density at radius 3 is 2.59 bits per heavy atom. The predicted molar refractivity (Wildman–Crippen MR) is 124 cm³/mol. The fourth-order valence-electron chi connectivity index (χ4n) is 3.74. The lowest BCUT2D eigenvalue weighted by molar-refractivity contribution is -0.0504. The van der Waals surface area contributed by atoms with Crippen molar-refractivity contribution >= 4 is 17.5 Å². The van der Waals surface area contributed by atoms with Gasteiger partial charge in [0.25, 0.3) is 5.91 Å². The number of hydrogen-bond donors (Lipinski definition) is 3. The number of benzene rings is 2. The highest BCUT2D eigenvalue weighted by Gasteiger charge is 2.27. The molecule has 1 fully saturated rings. The molecular formula is C24H25F2N5O3. The summed E-state index contributed by atoms with van der Waals surface area (Å²) in [5.74, 6) is 0.643. The number of para-hydroxylation sites is 1. The molecule has 10 heteroatoms. The molecule has 2 aromatic carbocycles. The molecular weight excluding hydrogens is 444 g/mol. The highest BCUT2D eigenvalue weighted by molar-refractivity contribution is 6.00. The summed E-state index contributed by atoms with van der Waals surface area (Å²) in [6.07, 6.45) is 3.41. The zero-order chi connectivity index (χ0) is 24.1. The van der Waals surface area contributed by atoms with Crippen LogP contribution >= 0.6 is 0 Å². The van der Waals surface area contributed by atoms with Crippen LogP contribution in [0.5, 0.6) is 5.75 Å². The molecule has 0 aliphatic carbocycles. The van der Waals surface area contributed by atoms with E-state index < -0.39 is 6.61 Å². The summed E-state index contributed by atoms with van der Waals surface area (Å²) < 4.78 is 30.1. The standard InChI is InChI=1S/C24H25F2N5O3/c1-27-22(33)19-7-6-16(18-10-29-24(30-11-18)31-12-15(13-31)14-32)8-20(19)28-9-17-4-2-3-5-21(17)34-23(25)26/h2-8,10-11,15,23,28,32H,9,12-14H2,1H3,(H,27,33). The third-order valence-electron chi connectivity index (χ3n) is 5.62. The zero-order valence-electron chi connectivity index (χ0n) is 18.5. The number of rotatable bonds is 9. The maximum absolute atomic E-state index is 12.7. The van der Waals surface area contributed by atoms with Gasteiger partial charge in [0, 0.05) is 68.4 Å². The molecule has 1 aromatic heterocycles. The van der Waals surface area contributed by atoms with Gasteiger partial charge in [-0.1, -0.05) is 24.3 Å². The van der Waals surface area contributed by atoms with E-state index in [1.807, 2.05) is 4.90 Å². The molecule has 3 aromatic rings. The number of aliphatic hydroxyl groups is 1. The normalized spacial score (nSPS) is 13.5. The Hall–Kier alpha value is -3.79. The molecule has 0 spiro atoms. The summed E-state index contributed by atoms with van der Waals surface area (Å²) in [6, 6.07) is 11.8. The van der Waals surface area contributed by atoms with Crippen LogP contribution in [0.2, 0.25) is 0 Å². The van der Waals surface area contributed by atoms with Crippen LogP contribution < -0.4 is 20.3 Å². The minimum absolute atomic E-state index is 0.0704. The van der Waals surface area contributed by atoms with Crippen molar-refractivity contribution in [2.75, 3.05) is 37.0 Å². The van der Waals surface area contributed by atoms with Crippen LogP contribution in [0, 0.1) is 5.92 Å². The second-order valence-electron chi connectivity index (χ2n) is 7.90. The van der Waals surface area contributed by atoms with Gasteiger partial charge < -0.3 is 25.4 Å². The molecule has 4 rings (SSSR count). The lowest BCUT2D eigenvalue weighted by atomic mass is 10.0. The number of carbonyl (C=O) groups excluding carboxylic acids is 1. The molecule has 34 heavy (non-hydrogen) atoms. The van der Waals surface area contributed by atoms with Gasteiger partial charge in [-0.15, -0.1) is 0 Å². The number of nitrogens with zero attached hydrogens (tertiary/aromatic N) is 3. The lowest BCUT2D eigenvalue weighted by Crippen LogP contribution is -2.49. The fraction of sp³-hybridized carbons (Fsp3) is 0.292. The molecule has 0 saturated carbocycles. The van der Waals surface area contributed by atoms with Crippen LogP contribution in [0.3, 0.4) is 0 Å². The van der Waals surface area contributed by atoms with Crippen LogP contribution in [-0.4, -0.2) is 54.3 Å². The van der Waals surface area contributed by atoms with Gasteiger partial charge in [-0.3, -0.25) is 4.79 Å². The van der Waals surface area contributed by atoms with Gasteiger partial charge in [-0.25, -0.2) is 9.97 Å². The van der Waals surface area contributed by atoms with E-state index in [9.17, 15) is 18.7 Å². The average Bonchev–Trinajstić information content (AvgIpc) is 2.82. The van der Waals surface area contributed by atoms with Crippen molar-refractivity contribution in [2.24, 2.45) is 5.92 Å². The van der Waals surface area contributed by atoms with E-state index in [0.717, 1.165) is 24.2 Å². The monoisotopic (exact) mass is 469 g/mol. The maximum atomic E-state index is 12.7. The zero-order valence-corrected chi connectivity index (χ0v) is 18.5. The van der Waals surface area contributed by atoms with E-state index in [-0.39, 0.29) is 30.7 Å². The average molecular weight is 469 g/mol. The van der Waals surface area contributed by atoms with Crippen LogP contribution in [-0.2, 0) is 6.54 Å². The number of halogens is 2. The Labute approximate surface area is 195 Å². The number of hydrogen-bond acceptors (Lipinski definition) is 7. The molecule has 1 aliphatic heterocycles. The summed E-state index contributed by atoms with van der Waals surface area (Å²) in [5, 5.41) is 15.0. The number of anilines is 2. The number of ether oxygens (including phenoxy) is 1. The van der Waals surface area contributed by atoms with Crippen molar-refractivity contribution in [1.82, 2.24) is 15.3 Å². The minimum atomic E-state index is -2.93. The number of aliphatic hydroxyl groups excluding tert-OH is 1. The van der Waals surface area contributed by atoms with E-state index in [2.05, 4.69) is 25.3 Å². The smallest absolute Gasteiger partial charge is 0.387 e. The minimum Gasteiger partial charge on any atom is -0.434 e. The van der Waals surface area contributed by atoms with Crippen molar-refractivity contribution in [2.45, 2.75) is 13.2 Å². The summed E-state index contributed by atoms with van der Waals surface area (Å²) >= 11 is 0. The molecule has 8 nitrogen and oxygen atoms in total. The van der Waals surface area contributed by atoms with Crippen molar-refractivity contribution in [3.8, 4) is 16.9 Å². The SMILES string of the molecule is CNC(=O)c1ccc(-c2cnc(N3CC(CO)C3)nc2)cc1NCc1ccccc1OC(F)F. The Kier molecular flexibility index (Phi) is 7.17. The molecule has 178 valence electrons. The highest BCUT2D eigenvalue weighted by Crippen LogP contribution is 2.28. The van der Waals surface area contributed by atoms with Gasteiger partial charge in [-0.05, 0) is 23.8 Å². The van der Waals surface area contributed by atoms with Crippen LogP contribution in [0.1, 0.15) is 15.9 Å². The lowest BCUT2D eigenvalue weighted by Gasteiger charge is -2.38. The first-order valence-corrected chi connectivity index (χ1v) is 10.8. The van der Waals surface area contributed by atoms with E-state index in [4.69, 9.17) is 0 Å². The summed E-state index contributed by atoms with van der Waals surface area (Å²) in [6.45, 7) is -1.16. The molecule has 3 N–H and O–H groups in total. The summed E-state index contributed by atoms with van der Waals surface area (Å²) in [7, 11) is 1.54. The van der Waals surface area contributed by atoms with Crippen molar-refractivity contribution in [3.05, 3.63) is 66.0 Å². The highest BCUT2D eigenvalue weighted by atomic mass is 19.3. The largest absolute Gasteiger partial charge is 0.434 e. The van der Waals surface area contributed by atoms with E-state index in [1.165, 1.54) is 13.1 Å². The van der Waals surface area contributed by atoms with Gasteiger partial charge >= 0.3 is 6.61 Å². The third kappa shape index (κ3) is 5.23. The number of aromatic nitrogens is 2. The van der Waals surface area contributed by atoms with E-state index in [1.54, 1.807) is 48.8 Å². The topological polar surface area (TPSA) is 99.6 Å². The summed E-state index contributed by atoms with van der Waals surface area (Å²) in [4.78, 5) is 23.2. The maximum Gasteiger partial charge on any atom is 0.387 e. The van der Waals surface area contributed by atoms with E-state index >= 15 is 0 Å². The number of carbonyl (C=O) groups is 1. The quantitative estimate of drug-likeness (QED) is 0.443. The Bertz CT molecular complexity index is 1140. The van der Waals surface area contributed by atoms with Crippen LogP contribution in [0.15, 0.2) is 54.9 Å². The van der Waals surface area contributed by atoms with Crippen LogP contribution in [0.4, 0.5) is 20.4 Å². The van der Waals surface area contributed by atoms with Crippen molar-refractivity contribution in [3.63, 3.8) is 0 Å². The summed E-state index contributed by atoms with van der Waals surface area (Å²) in [5.41, 5.74) is 3.01. The number of nitrogens with one attached hydrogen (secondary N) is 2. The fourth-order valence-corrected chi connectivity index (χ4v) is 3.74. The number of alkyl halides is 2. The molecule has 0 bridgehead atoms. The third-order valence-corrected chi connectivity index (χ3v) is 5.62. The predicted octanol–water partition coefficient (Wildman–Crippen LogP) is 3.15. The molecule has 2 heterocycles. The van der Waals surface area contributed by atoms with Crippen molar-refractivity contribution < 1.29 is 23.4 Å². The molecule has 0 atom stereocenters. The van der Waals surface area contributed by atoms with Gasteiger partial charge in [-0.2, -0.15) is 8.78 Å². The Balaban J connectivity index is 1.56. The molecule has 0 unspecified atom stereocenters. The van der Waals surface area contributed by atoms with Gasteiger partial charge in [0.2, 0.25) is 5.95 Å². The van der Waals surface area contributed by atoms with Crippen LogP contribution in [0.25, 0.3) is 11.1 Å². The first-order chi connectivity index (χ1) is 16.5. The molecule has 1 saturated heterocycles. The first kappa shape index (κ1) is 23.4. The van der Waals surface area contributed by atoms with E-state index in [0.29, 0.717) is 22.8 Å². The second-order valence-corrected chi connectivity index (χ2v) is 7.90. The van der Waals surface area contributed by atoms with Gasteiger partial charge in [0.05, 0.1) is 5.56 Å². The van der Waals surface area contributed by atoms with Crippen molar-refractivity contribution in [1.29, 1.82) is 0 Å². The second kappa shape index (κ2) is 10.4. The molecule has 0 radical (unpaired) electrons. The Morgan fingerprint density at radius 1 is 1.18 bits per heavy atom. The van der Waals surface area contributed by atoms with Gasteiger partial charge in [0.15, 0.2) is 0 Å².